The third kappa shape index (κ3) is 2.98. The fourth-order valence-electron chi connectivity index (χ4n) is 2.00. The highest BCUT2D eigenvalue weighted by atomic mass is 16.5. The van der Waals surface area contributed by atoms with E-state index in [1.165, 1.54) is 0 Å². The zero-order chi connectivity index (χ0) is 13.0. The summed E-state index contributed by atoms with van der Waals surface area (Å²) in [5, 5.41) is 6.12. The predicted molar refractivity (Wildman–Crippen MR) is 69.7 cm³/mol. The monoisotopic (exact) mass is 249 g/mol. The minimum atomic E-state index is -0.116. The molecule has 2 rings (SSSR count). The summed E-state index contributed by atoms with van der Waals surface area (Å²) in [4.78, 5) is 16.0. The molecule has 1 heterocycles. The molecule has 0 radical (unpaired) electrons. The molecule has 1 aromatic rings. The standard InChI is InChI=1S/C13H19N3O2/c1-3-14-9-4-5-15-12(8-9)13(17)16-10-6-11(7-10)18-2/h4-5,8,10-11H,3,6-7H2,1-2H3,(H,14,15)(H,16,17). The van der Waals surface area contributed by atoms with Crippen molar-refractivity contribution < 1.29 is 9.53 Å². The summed E-state index contributed by atoms with van der Waals surface area (Å²) >= 11 is 0. The first-order valence-corrected chi connectivity index (χ1v) is 6.26. The van der Waals surface area contributed by atoms with E-state index in [0.29, 0.717) is 5.69 Å². The van der Waals surface area contributed by atoms with E-state index < -0.39 is 0 Å². The molecule has 0 aromatic carbocycles. The molecule has 1 aliphatic carbocycles. The number of anilines is 1. The first kappa shape index (κ1) is 12.8. The van der Waals surface area contributed by atoms with Gasteiger partial charge in [0.05, 0.1) is 6.10 Å². The molecule has 5 heteroatoms. The van der Waals surface area contributed by atoms with Crippen LogP contribution in [0, 0.1) is 0 Å². The number of ether oxygens (including phenoxy) is 1. The molecule has 0 unspecified atom stereocenters. The Morgan fingerprint density at radius 3 is 3.00 bits per heavy atom. The normalized spacial score (nSPS) is 22.1. The van der Waals surface area contributed by atoms with Gasteiger partial charge in [0.2, 0.25) is 0 Å². The van der Waals surface area contributed by atoms with E-state index in [1.54, 1.807) is 19.4 Å². The van der Waals surface area contributed by atoms with Crippen molar-refractivity contribution in [2.75, 3.05) is 19.0 Å². The number of hydrogen-bond donors (Lipinski definition) is 2. The average molecular weight is 249 g/mol. The van der Waals surface area contributed by atoms with Crippen LogP contribution in [0.2, 0.25) is 0 Å². The Kier molecular flexibility index (Phi) is 4.15. The van der Waals surface area contributed by atoms with Crippen molar-refractivity contribution in [2.45, 2.75) is 31.9 Å². The molecule has 1 fully saturated rings. The van der Waals surface area contributed by atoms with Crippen LogP contribution in [0.5, 0.6) is 0 Å². The Balaban J connectivity index is 1.90. The maximum absolute atomic E-state index is 12.0. The topological polar surface area (TPSA) is 63.2 Å². The molecular weight excluding hydrogens is 230 g/mol. The lowest BCUT2D eigenvalue weighted by Gasteiger charge is -2.34. The van der Waals surface area contributed by atoms with Gasteiger partial charge in [-0.05, 0) is 31.9 Å². The molecule has 0 aliphatic heterocycles. The van der Waals surface area contributed by atoms with Crippen LogP contribution >= 0.6 is 0 Å². The molecule has 1 aromatic heterocycles. The number of methoxy groups -OCH3 is 1. The number of amides is 1. The molecule has 2 N–H and O–H groups in total. The lowest BCUT2D eigenvalue weighted by atomic mass is 9.89. The number of pyridine rings is 1. The Hall–Kier alpha value is -1.62. The smallest absolute Gasteiger partial charge is 0.270 e. The van der Waals surface area contributed by atoms with Crippen molar-refractivity contribution in [2.24, 2.45) is 0 Å². The quantitative estimate of drug-likeness (QED) is 0.828. The largest absolute Gasteiger partial charge is 0.385 e. The summed E-state index contributed by atoms with van der Waals surface area (Å²) in [6.45, 7) is 2.84. The third-order valence-electron chi connectivity index (χ3n) is 3.14. The van der Waals surface area contributed by atoms with E-state index >= 15 is 0 Å². The number of nitrogens with one attached hydrogen (secondary N) is 2. The van der Waals surface area contributed by atoms with Gasteiger partial charge in [-0.2, -0.15) is 0 Å². The van der Waals surface area contributed by atoms with E-state index in [9.17, 15) is 4.79 Å². The first-order valence-electron chi connectivity index (χ1n) is 6.26. The predicted octanol–water partition coefficient (Wildman–Crippen LogP) is 1.42. The third-order valence-corrected chi connectivity index (χ3v) is 3.14. The van der Waals surface area contributed by atoms with Gasteiger partial charge in [-0.1, -0.05) is 0 Å². The van der Waals surface area contributed by atoms with Gasteiger partial charge in [0, 0.05) is 31.6 Å². The first-order chi connectivity index (χ1) is 8.72. The van der Waals surface area contributed by atoms with Crippen LogP contribution in [-0.2, 0) is 4.74 Å². The highest BCUT2D eigenvalue weighted by molar-refractivity contribution is 5.93. The van der Waals surface area contributed by atoms with Crippen molar-refractivity contribution >= 4 is 11.6 Å². The van der Waals surface area contributed by atoms with Crippen molar-refractivity contribution in [3.8, 4) is 0 Å². The van der Waals surface area contributed by atoms with Gasteiger partial charge >= 0.3 is 0 Å². The Morgan fingerprint density at radius 1 is 1.56 bits per heavy atom. The van der Waals surface area contributed by atoms with E-state index in [4.69, 9.17) is 4.74 Å². The summed E-state index contributed by atoms with van der Waals surface area (Å²) in [5.41, 5.74) is 1.37. The van der Waals surface area contributed by atoms with Crippen LogP contribution in [0.15, 0.2) is 18.3 Å². The minimum Gasteiger partial charge on any atom is -0.385 e. The number of hydrogen-bond acceptors (Lipinski definition) is 4. The summed E-state index contributed by atoms with van der Waals surface area (Å²) in [6, 6.07) is 3.84. The van der Waals surface area contributed by atoms with Gasteiger partial charge in [0.1, 0.15) is 5.69 Å². The summed E-state index contributed by atoms with van der Waals surface area (Å²) in [6.07, 6.45) is 3.70. The summed E-state index contributed by atoms with van der Waals surface area (Å²) in [7, 11) is 1.70. The van der Waals surface area contributed by atoms with Crippen LogP contribution in [0.25, 0.3) is 0 Å². The highest BCUT2D eigenvalue weighted by Gasteiger charge is 2.30. The Morgan fingerprint density at radius 2 is 2.33 bits per heavy atom. The van der Waals surface area contributed by atoms with Crippen LogP contribution in [0.4, 0.5) is 5.69 Å². The fraction of sp³-hybridized carbons (Fsp3) is 0.538. The molecule has 98 valence electrons. The molecule has 5 nitrogen and oxygen atoms in total. The molecule has 0 bridgehead atoms. The molecule has 1 amide bonds. The van der Waals surface area contributed by atoms with Crippen molar-refractivity contribution in [1.82, 2.24) is 10.3 Å². The van der Waals surface area contributed by atoms with Crippen LogP contribution < -0.4 is 10.6 Å². The number of rotatable bonds is 5. The zero-order valence-corrected chi connectivity index (χ0v) is 10.8. The molecule has 0 atom stereocenters. The van der Waals surface area contributed by atoms with Crippen LogP contribution in [0.1, 0.15) is 30.3 Å². The fourth-order valence-corrected chi connectivity index (χ4v) is 2.00. The van der Waals surface area contributed by atoms with Crippen molar-refractivity contribution in [3.05, 3.63) is 24.0 Å². The van der Waals surface area contributed by atoms with E-state index in [2.05, 4.69) is 15.6 Å². The van der Waals surface area contributed by atoms with Gasteiger partial charge < -0.3 is 15.4 Å². The Labute approximate surface area is 107 Å². The molecular formula is C13H19N3O2. The van der Waals surface area contributed by atoms with E-state index in [1.807, 2.05) is 13.0 Å². The maximum atomic E-state index is 12.0. The Bertz CT molecular complexity index is 416. The highest BCUT2D eigenvalue weighted by Crippen LogP contribution is 2.22. The number of carbonyl (C=O) groups excluding carboxylic acids is 1. The summed E-state index contributed by atoms with van der Waals surface area (Å²) in [5.74, 6) is -0.116. The second kappa shape index (κ2) is 5.82. The lowest BCUT2D eigenvalue weighted by Crippen LogP contribution is -2.47. The van der Waals surface area contributed by atoms with Gasteiger partial charge in [-0.15, -0.1) is 0 Å². The van der Waals surface area contributed by atoms with Crippen LogP contribution in [0.3, 0.4) is 0 Å². The number of aromatic nitrogens is 1. The zero-order valence-electron chi connectivity index (χ0n) is 10.8. The minimum absolute atomic E-state index is 0.116. The molecule has 0 saturated heterocycles. The van der Waals surface area contributed by atoms with Crippen LogP contribution in [-0.4, -0.2) is 36.7 Å². The van der Waals surface area contributed by atoms with E-state index in [-0.39, 0.29) is 18.1 Å². The molecule has 1 aliphatic rings. The lowest BCUT2D eigenvalue weighted by molar-refractivity contribution is 0.0175. The second-order valence-electron chi connectivity index (χ2n) is 4.46. The molecule has 0 spiro atoms. The number of carbonyl (C=O) groups is 1. The van der Waals surface area contributed by atoms with Gasteiger partial charge in [-0.25, -0.2) is 0 Å². The van der Waals surface area contributed by atoms with Gasteiger partial charge in [0.15, 0.2) is 0 Å². The summed E-state index contributed by atoms with van der Waals surface area (Å²) < 4.78 is 5.18. The SMILES string of the molecule is CCNc1ccnc(C(=O)NC2CC(OC)C2)c1. The van der Waals surface area contributed by atoms with Gasteiger partial charge in [-0.3, -0.25) is 9.78 Å². The van der Waals surface area contributed by atoms with E-state index in [0.717, 1.165) is 25.1 Å². The second-order valence-corrected chi connectivity index (χ2v) is 4.46. The average Bonchev–Trinajstić information content (AvgIpc) is 2.33. The maximum Gasteiger partial charge on any atom is 0.270 e. The number of nitrogens with zero attached hydrogens (tertiary/aromatic N) is 1. The van der Waals surface area contributed by atoms with Crippen molar-refractivity contribution in [1.29, 1.82) is 0 Å². The molecule has 18 heavy (non-hydrogen) atoms. The van der Waals surface area contributed by atoms with Gasteiger partial charge in [0.25, 0.3) is 5.91 Å². The van der Waals surface area contributed by atoms with Crippen molar-refractivity contribution in [3.63, 3.8) is 0 Å². The molecule has 1 saturated carbocycles.